The van der Waals surface area contributed by atoms with Gasteiger partial charge >= 0.3 is 0 Å². The van der Waals surface area contributed by atoms with Gasteiger partial charge < -0.3 is 15.2 Å². The fourth-order valence-electron chi connectivity index (χ4n) is 3.02. The molecule has 0 fully saturated rings. The van der Waals surface area contributed by atoms with Gasteiger partial charge in [0.1, 0.15) is 5.75 Å². The Morgan fingerprint density at radius 2 is 1.91 bits per heavy atom. The number of nitrogens with one attached hydrogen (secondary N) is 1. The molecule has 4 nitrogen and oxygen atoms in total. The molecule has 0 bridgehead atoms. The molecular weight excluding hydrogens is 290 g/mol. The number of para-hydroxylation sites is 1. The quantitative estimate of drug-likeness (QED) is 0.913. The topological polar surface area (TPSA) is 58.6 Å². The molecule has 0 saturated heterocycles. The Kier molecular flexibility index (Phi) is 4.35. The lowest BCUT2D eigenvalue weighted by Gasteiger charge is -2.18. The van der Waals surface area contributed by atoms with Crippen molar-refractivity contribution >= 4 is 5.91 Å². The van der Waals surface area contributed by atoms with Crippen LogP contribution < -0.4 is 10.1 Å². The van der Waals surface area contributed by atoms with E-state index in [0.717, 1.165) is 22.4 Å². The van der Waals surface area contributed by atoms with Crippen molar-refractivity contribution in [3.63, 3.8) is 0 Å². The molecule has 0 radical (unpaired) electrons. The fraction of sp³-hybridized carbons (Fsp3) is 0.316. The van der Waals surface area contributed by atoms with E-state index in [-0.39, 0.29) is 18.4 Å². The summed E-state index contributed by atoms with van der Waals surface area (Å²) in [7, 11) is 0. The van der Waals surface area contributed by atoms with Crippen LogP contribution in [0.25, 0.3) is 0 Å². The van der Waals surface area contributed by atoms with Gasteiger partial charge in [-0.25, -0.2) is 0 Å². The third-order valence-electron chi connectivity index (χ3n) is 4.39. The van der Waals surface area contributed by atoms with Crippen LogP contribution in [-0.4, -0.2) is 23.7 Å². The van der Waals surface area contributed by atoms with E-state index in [1.165, 1.54) is 0 Å². The largest absolute Gasteiger partial charge is 0.480 e. The molecular formula is C19H21NO3. The first-order valence-electron chi connectivity index (χ1n) is 7.85. The van der Waals surface area contributed by atoms with Crippen LogP contribution >= 0.6 is 0 Å². The summed E-state index contributed by atoms with van der Waals surface area (Å²) in [5.41, 5.74) is 2.88. The highest BCUT2D eigenvalue weighted by atomic mass is 16.5. The summed E-state index contributed by atoms with van der Waals surface area (Å²) in [6, 6.07) is 15.3. The first-order chi connectivity index (χ1) is 11.1. The van der Waals surface area contributed by atoms with E-state index >= 15 is 0 Å². The van der Waals surface area contributed by atoms with Gasteiger partial charge in [-0.3, -0.25) is 4.79 Å². The highest BCUT2D eigenvalue weighted by Gasteiger charge is 2.36. The zero-order valence-corrected chi connectivity index (χ0v) is 13.3. The van der Waals surface area contributed by atoms with E-state index < -0.39 is 12.2 Å². The van der Waals surface area contributed by atoms with Crippen molar-refractivity contribution in [1.82, 2.24) is 5.32 Å². The molecule has 3 rings (SSSR count). The summed E-state index contributed by atoms with van der Waals surface area (Å²) in [5.74, 6) is 0.572. The number of hydrogen-bond acceptors (Lipinski definition) is 3. The number of ether oxygens (including phenoxy) is 1. The summed E-state index contributed by atoms with van der Waals surface area (Å²) >= 11 is 0. The molecule has 2 N–H and O–H groups in total. The first kappa shape index (κ1) is 15.6. The zero-order valence-electron chi connectivity index (χ0n) is 13.3. The van der Waals surface area contributed by atoms with Crippen LogP contribution in [0.2, 0.25) is 0 Å². The fourth-order valence-corrected chi connectivity index (χ4v) is 3.02. The second-order valence-electron chi connectivity index (χ2n) is 5.98. The molecule has 2 aromatic rings. The van der Waals surface area contributed by atoms with E-state index in [4.69, 9.17) is 4.74 Å². The van der Waals surface area contributed by atoms with Crippen molar-refractivity contribution in [2.24, 2.45) is 0 Å². The highest BCUT2D eigenvalue weighted by molar-refractivity contribution is 5.83. The van der Waals surface area contributed by atoms with Crippen LogP contribution in [0.4, 0.5) is 0 Å². The molecule has 4 heteroatoms. The van der Waals surface area contributed by atoms with Crippen LogP contribution in [0.5, 0.6) is 5.75 Å². The average molecular weight is 311 g/mol. The lowest BCUT2D eigenvalue weighted by molar-refractivity contribution is -0.128. The third kappa shape index (κ3) is 3.08. The van der Waals surface area contributed by atoms with Crippen molar-refractivity contribution in [3.8, 4) is 5.75 Å². The number of carbonyl (C=O) groups excluding carboxylic acids is 1. The molecule has 2 aromatic carbocycles. The van der Waals surface area contributed by atoms with Gasteiger partial charge in [0, 0.05) is 18.0 Å². The number of fused-ring (bicyclic) bond motifs is 1. The second kappa shape index (κ2) is 6.42. The zero-order chi connectivity index (χ0) is 16.4. The molecule has 0 saturated carbocycles. The SMILES string of the molecule is Cc1ccccc1C(O)CNC(=O)C1Oc2ccccc2C1C. The molecule has 120 valence electrons. The average Bonchev–Trinajstić information content (AvgIpc) is 2.90. The van der Waals surface area contributed by atoms with Crippen LogP contribution in [0, 0.1) is 6.92 Å². The van der Waals surface area contributed by atoms with E-state index in [2.05, 4.69) is 5.32 Å². The van der Waals surface area contributed by atoms with E-state index in [1.54, 1.807) is 0 Å². The van der Waals surface area contributed by atoms with Crippen molar-refractivity contribution < 1.29 is 14.6 Å². The van der Waals surface area contributed by atoms with Gasteiger partial charge in [-0.1, -0.05) is 49.4 Å². The lowest BCUT2D eigenvalue weighted by atomic mass is 9.97. The minimum atomic E-state index is -0.723. The number of aliphatic hydroxyl groups excluding tert-OH is 1. The summed E-state index contributed by atoms with van der Waals surface area (Å²) in [5, 5.41) is 13.1. The predicted molar refractivity (Wildman–Crippen MR) is 88.4 cm³/mol. The molecule has 1 aliphatic heterocycles. The lowest BCUT2D eigenvalue weighted by Crippen LogP contribution is -2.40. The number of benzene rings is 2. The molecule has 3 atom stereocenters. The number of amides is 1. The third-order valence-corrected chi connectivity index (χ3v) is 4.39. The molecule has 1 amide bonds. The van der Waals surface area contributed by atoms with Crippen LogP contribution in [-0.2, 0) is 4.79 Å². The molecule has 1 aliphatic rings. The number of aliphatic hydroxyl groups is 1. The molecule has 0 spiro atoms. The number of hydrogen-bond donors (Lipinski definition) is 2. The maximum atomic E-state index is 12.4. The number of rotatable bonds is 4. The van der Waals surface area contributed by atoms with E-state index in [0.29, 0.717) is 0 Å². The van der Waals surface area contributed by atoms with E-state index in [1.807, 2.05) is 62.4 Å². The van der Waals surface area contributed by atoms with Gasteiger partial charge in [0.2, 0.25) is 0 Å². The maximum Gasteiger partial charge on any atom is 0.261 e. The van der Waals surface area contributed by atoms with E-state index in [9.17, 15) is 9.90 Å². The van der Waals surface area contributed by atoms with Gasteiger partial charge in [0.05, 0.1) is 6.10 Å². The van der Waals surface area contributed by atoms with Crippen molar-refractivity contribution in [2.45, 2.75) is 32.0 Å². The van der Waals surface area contributed by atoms with Crippen molar-refractivity contribution in [3.05, 3.63) is 65.2 Å². The summed E-state index contributed by atoms with van der Waals surface area (Å²) in [6.45, 7) is 4.10. The summed E-state index contributed by atoms with van der Waals surface area (Å²) in [6.07, 6.45) is -1.27. The predicted octanol–water partition coefficient (Wildman–Crippen LogP) is 2.71. The van der Waals surface area contributed by atoms with Gasteiger partial charge in [-0.15, -0.1) is 0 Å². The van der Waals surface area contributed by atoms with Crippen LogP contribution in [0.1, 0.15) is 35.6 Å². The van der Waals surface area contributed by atoms with Crippen LogP contribution in [0.15, 0.2) is 48.5 Å². The van der Waals surface area contributed by atoms with Crippen molar-refractivity contribution in [2.75, 3.05) is 6.54 Å². The molecule has 0 aromatic heterocycles. The molecule has 1 heterocycles. The Morgan fingerprint density at radius 1 is 1.22 bits per heavy atom. The minimum absolute atomic E-state index is 0.00167. The van der Waals surface area contributed by atoms with Gasteiger partial charge in [-0.2, -0.15) is 0 Å². The maximum absolute atomic E-state index is 12.4. The Morgan fingerprint density at radius 3 is 2.65 bits per heavy atom. The second-order valence-corrected chi connectivity index (χ2v) is 5.98. The van der Waals surface area contributed by atoms with Crippen molar-refractivity contribution in [1.29, 1.82) is 0 Å². The molecule has 3 unspecified atom stereocenters. The minimum Gasteiger partial charge on any atom is -0.480 e. The standard InChI is InChI=1S/C19H21NO3/c1-12-7-3-4-8-14(12)16(21)11-20-19(22)18-13(2)15-9-5-6-10-17(15)23-18/h3-10,13,16,18,21H,11H2,1-2H3,(H,20,22). The Labute approximate surface area is 136 Å². The first-order valence-corrected chi connectivity index (χ1v) is 7.85. The Hall–Kier alpha value is -2.33. The van der Waals surface area contributed by atoms with Gasteiger partial charge in [0.25, 0.3) is 5.91 Å². The summed E-state index contributed by atoms with van der Waals surface area (Å²) < 4.78 is 5.75. The smallest absolute Gasteiger partial charge is 0.261 e. The molecule has 0 aliphatic carbocycles. The number of carbonyl (C=O) groups is 1. The van der Waals surface area contributed by atoms with Gasteiger partial charge in [0.15, 0.2) is 6.10 Å². The summed E-state index contributed by atoms with van der Waals surface area (Å²) in [4.78, 5) is 12.4. The number of aryl methyl sites for hydroxylation is 1. The highest BCUT2D eigenvalue weighted by Crippen LogP contribution is 2.37. The van der Waals surface area contributed by atoms with Gasteiger partial charge in [-0.05, 0) is 24.1 Å². The Bertz CT molecular complexity index is 713. The van der Waals surface area contributed by atoms with Crippen LogP contribution in [0.3, 0.4) is 0 Å². The Balaban J connectivity index is 1.62. The monoisotopic (exact) mass is 311 g/mol. The normalized spacial score (nSPS) is 20.5. The molecule has 23 heavy (non-hydrogen) atoms.